The summed E-state index contributed by atoms with van der Waals surface area (Å²) in [5.74, 6) is -0.272. The van der Waals surface area contributed by atoms with Crippen LogP contribution in [0.3, 0.4) is 0 Å². The Morgan fingerprint density at radius 2 is 2.35 bits per heavy atom. The molecule has 1 amide bonds. The molecule has 2 saturated heterocycles. The van der Waals surface area contributed by atoms with E-state index in [0.717, 1.165) is 25.9 Å². The average Bonchev–Trinajstić information content (AvgIpc) is 2.67. The van der Waals surface area contributed by atoms with Crippen LogP contribution in [-0.4, -0.2) is 44.0 Å². The van der Waals surface area contributed by atoms with Crippen molar-refractivity contribution in [2.75, 3.05) is 26.2 Å². The van der Waals surface area contributed by atoms with Crippen molar-refractivity contribution in [2.24, 2.45) is 5.92 Å². The third-order valence-corrected chi connectivity index (χ3v) is 3.24. The molecule has 2 atom stereocenters. The zero-order chi connectivity index (χ0) is 12.3. The number of piperidine rings is 1. The maximum absolute atomic E-state index is 11.9. The molecule has 5 heteroatoms. The van der Waals surface area contributed by atoms with E-state index in [4.69, 9.17) is 9.47 Å². The van der Waals surface area contributed by atoms with Crippen molar-refractivity contribution < 1.29 is 14.3 Å². The number of hydrogen-bond donors (Lipinski definition) is 2. The zero-order valence-corrected chi connectivity index (χ0v) is 10.6. The van der Waals surface area contributed by atoms with Crippen molar-refractivity contribution >= 4 is 5.91 Å². The summed E-state index contributed by atoms with van der Waals surface area (Å²) in [5, 5.41) is 6.19. The average molecular weight is 242 g/mol. The van der Waals surface area contributed by atoms with Crippen LogP contribution in [0.2, 0.25) is 0 Å². The molecule has 2 unspecified atom stereocenters. The molecule has 0 aromatic rings. The first kappa shape index (κ1) is 12.8. The number of nitrogens with one attached hydrogen (secondary N) is 2. The Hall–Kier alpha value is -0.650. The summed E-state index contributed by atoms with van der Waals surface area (Å²) < 4.78 is 11.1. The van der Waals surface area contributed by atoms with E-state index in [-0.39, 0.29) is 17.9 Å². The molecule has 0 bridgehead atoms. The highest BCUT2D eigenvalue weighted by Crippen LogP contribution is 2.21. The van der Waals surface area contributed by atoms with Gasteiger partial charge in [0.2, 0.25) is 5.91 Å². The lowest BCUT2D eigenvalue weighted by molar-refractivity contribution is -0.140. The minimum absolute atomic E-state index is 0.0227. The van der Waals surface area contributed by atoms with Crippen molar-refractivity contribution in [1.82, 2.24) is 10.6 Å². The Labute approximate surface area is 102 Å². The zero-order valence-electron chi connectivity index (χ0n) is 10.6. The van der Waals surface area contributed by atoms with E-state index in [2.05, 4.69) is 10.6 Å². The van der Waals surface area contributed by atoms with Gasteiger partial charge in [0.25, 0.3) is 0 Å². The van der Waals surface area contributed by atoms with Crippen molar-refractivity contribution in [2.45, 2.75) is 38.6 Å². The Kier molecular flexibility index (Phi) is 4.01. The highest BCUT2D eigenvalue weighted by atomic mass is 16.7. The summed E-state index contributed by atoms with van der Waals surface area (Å²) in [4.78, 5) is 11.9. The molecule has 2 N–H and O–H groups in total. The van der Waals surface area contributed by atoms with Crippen LogP contribution in [0.5, 0.6) is 0 Å². The van der Waals surface area contributed by atoms with Gasteiger partial charge in [0.15, 0.2) is 5.79 Å². The predicted molar refractivity (Wildman–Crippen MR) is 63.5 cm³/mol. The number of carbonyl (C=O) groups is 1. The summed E-state index contributed by atoms with van der Waals surface area (Å²) in [5.41, 5.74) is 0. The van der Waals surface area contributed by atoms with E-state index in [9.17, 15) is 4.79 Å². The lowest BCUT2D eigenvalue weighted by atomic mass is 9.99. The number of ether oxygens (including phenoxy) is 2. The second-order valence-corrected chi connectivity index (χ2v) is 5.24. The van der Waals surface area contributed by atoms with Crippen LogP contribution in [0.15, 0.2) is 0 Å². The highest BCUT2D eigenvalue weighted by molar-refractivity contribution is 5.78. The van der Waals surface area contributed by atoms with E-state index in [1.165, 1.54) is 0 Å². The van der Waals surface area contributed by atoms with Crippen molar-refractivity contribution in [1.29, 1.82) is 0 Å². The molecule has 0 aromatic heterocycles. The Morgan fingerprint density at radius 1 is 1.53 bits per heavy atom. The minimum Gasteiger partial charge on any atom is -0.353 e. The Morgan fingerprint density at radius 3 is 2.94 bits per heavy atom. The molecule has 0 aromatic carbocycles. The number of rotatable bonds is 3. The second kappa shape index (κ2) is 5.33. The molecule has 0 spiro atoms. The van der Waals surface area contributed by atoms with Crippen LogP contribution in [0.25, 0.3) is 0 Å². The van der Waals surface area contributed by atoms with Gasteiger partial charge in [-0.15, -0.1) is 0 Å². The van der Waals surface area contributed by atoms with Gasteiger partial charge < -0.3 is 20.1 Å². The summed E-state index contributed by atoms with van der Waals surface area (Å²) >= 11 is 0. The summed E-state index contributed by atoms with van der Waals surface area (Å²) in [6.07, 6.45) is 2.03. The number of amides is 1. The maximum atomic E-state index is 11.9. The SMILES string of the molecule is CC1(C)OCC(CNC(=O)C2CCCNC2)O1. The molecule has 17 heavy (non-hydrogen) atoms. The van der Waals surface area contributed by atoms with Crippen LogP contribution in [0.4, 0.5) is 0 Å². The fraction of sp³-hybridized carbons (Fsp3) is 0.917. The van der Waals surface area contributed by atoms with Gasteiger partial charge >= 0.3 is 0 Å². The molecular formula is C12H22N2O3. The molecule has 0 saturated carbocycles. The van der Waals surface area contributed by atoms with Crippen LogP contribution < -0.4 is 10.6 Å². The Balaban J connectivity index is 1.69. The topological polar surface area (TPSA) is 59.6 Å². The van der Waals surface area contributed by atoms with Gasteiger partial charge in [0, 0.05) is 13.1 Å². The van der Waals surface area contributed by atoms with E-state index in [1.54, 1.807) is 0 Å². The first-order valence-electron chi connectivity index (χ1n) is 6.37. The predicted octanol–water partition coefficient (Wildman–Crippen LogP) is 0.254. The molecular weight excluding hydrogens is 220 g/mol. The van der Waals surface area contributed by atoms with Crippen LogP contribution in [-0.2, 0) is 14.3 Å². The first-order valence-corrected chi connectivity index (χ1v) is 6.37. The number of hydrogen-bond acceptors (Lipinski definition) is 4. The molecule has 2 heterocycles. The summed E-state index contributed by atoms with van der Waals surface area (Å²) in [6, 6.07) is 0. The molecule has 2 aliphatic heterocycles. The fourth-order valence-corrected chi connectivity index (χ4v) is 2.30. The fourth-order valence-electron chi connectivity index (χ4n) is 2.30. The van der Waals surface area contributed by atoms with Gasteiger partial charge in [-0.05, 0) is 33.2 Å². The molecule has 2 aliphatic rings. The summed E-state index contributed by atoms with van der Waals surface area (Å²) in [6.45, 7) is 6.69. The Bertz CT molecular complexity index is 275. The van der Waals surface area contributed by atoms with Gasteiger partial charge in [-0.1, -0.05) is 0 Å². The summed E-state index contributed by atoms with van der Waals surface area (Å²) in [7, 11) is 0. The van der Waals surface area contributed by atoms with E-state index < -0.39 is 5.79 Å². The lowest BCUT2D eigenvalue weighted by Gasteiger charge is -2.23. The van der Waals surface area contributed by atoms with Crippen LogP contribution in [0, 0.1) is 5.92 Å². The quantitative estimate of drug-likeness (QED) is 0.745. The van der Waals surface area contributed by atoms with Gasteiger partial charge in [-0.2, -0.15) is 0 Å². The lowest BCUT2D eigenvalue weighted by Crippen LogP contribution is -2.43. The first-order chi connectivity index (χ1) is 8.07. The maximum Gasteiger partial charge on any atom is 0.224 e. The minimum atomic E-state index is -0.512. The van der Waals surface area contributed by atoms with E-state index in [0.29, 0.717) is 13.2 Å². The van der Waals surface area contributed by atoms with Crippen molar-refractivity contribution in [3.8, 4) is 0 Å². The monoisotopic (exact) mass is 242 g/mol. The molecule has 2 rings (SSSR count). The third-order valence-electron chi connectivity index (χ3n) is 3.24. The molecule has 0 radical (unpaired) electrons. The molecule has 5 nitrogen and oxygen atoms in total. The van der Waals surface area contributed by atoms with E-state index in [1.807, 2.05) is 13.8 Å². The molecule has 0 aliphatic carbocycles. The normalized spacial score (nSPS) is 32.4. The highest BCUT2D eigenvalue weighted by Gasteiger charge is 2.33. The van der Waals surface area contributed by atoms with Gasteiger partial charge in [-0.3, -0.25) is 4.79 Å². The van der Waals surface area contributed by atoms with E-state index >= 15 is 0 Å². The van der Waals surface area contributed by atoms with Crippen molar-refractivity contribution in [3.63, 3.8) is 0 Å². The standard InChI is InChI=1S/C12H22N2O3/c1-12(2)16-8-10(17-12)7-14-11(15)9-4-3-5-13-6-9/h9-10,13H,3-8H2,1-2H3,(H,14,15). The van der Waals surface area contributed by atoms with Crippen molar-refractivity contribution in [3.05, 3.63) is 0 Å². The van der Waals surface area contributed by atoms with Gasteiger partial charge in [0.05, 0.1) is 12.5 Å². The number of carbonyl (C=O) groups excluding carboxylic acids is 1. The van der Waals surface area contributed by atoms with Crippen LogP contribution in [0.1, 0.15) is 26.7 Å². The largest absolute Gasteiger partial charge is 0.353 e. The second-order valence-electron chi connectivity index (χ2n) is 5.24. The van der Waals surface area contributed by atoms with Gasteiger partial charge in [-0.25, -0.2) is 0 Å². The molecule has 98 valence electrons. The van der Waals surface area contributed by atoms with Gasteiger partial charge in [0.1, 0.15) is 6.10 Å². The third kappa shape index (κ3) is 3.66. The smallest absolute Gasteiger partial charge is 0.224 e. The molecule has 2 fully saturated rings. The van der Waals surface area contributed by atoms with Crippen LogP contribution >= 0.6 is 0 Å².